The van der Waals surface area contributed by atoms with Crippen molar-refractivity contribution in [2.24, 2.45) is 0 Å². The highest BCUT2D eigenvalue weighted by atomic mass is 79.9. The predicted octanol–water partition coefficient (Wildman–Crippen LogP) is 3.87. The third-order valence-corrected chi connectivity index (χ3v) is 4.92. The Labute approximate surface area is 169 Å². The molecule has 28 heavy (non-hydrogen) atoms. The van der Waals surface area contributed by atoms with Gasteiger partial charge in [-0.15, -0.1) is 0 Å². The lowest BCUT2D eigenvalue weighted by molar-refractivity contribution is -0.132. The SMILES string of the molecule is O=C1C(=O)N(c2ncccn2)[C@@H](c2cccc(Br)c2)/C1=C(\O)c1ccccc1. The van der Waals surface area contributed by atoms with Crippen molar-refractivity contribution < 1.29 is 14.7 Å². The fraction of sp³-hybridized carbons (Fsp3) is 0.0476. The smallest absolute Gasteiger partial charge is 0.302 e. The zero-order valence-corrected chi connectivity index (χ0v) is 16.1. The van der Waals surface area contributed by atoms with Crippen LogP contribution in [0.5, 0.6) is 0 Å². The molecular formula is C21H14BrN3O3. The summed E-state index contributed by atoms with van der Waals surface area (Å²) in [5.74, 6) is -1.70. The Kier molecular flexibility index (Phi) is 4.75. The summed E-state index contributed by atoms with van der Waals surface area (Å²) in [6.45, 7) is 0. The monoisotopic (exact) mass is 435 g/mol. The lowest BCUT2D eigenvalue weighted by Gasteiger charge is -2.23. The Morgan fingerprint density at radius 2 is 1.68 bits per heavy atom. The first-order valence-corrected chi connectivity index (χ1v) is 9.26. The zero-order chi connectivity index (χ0) is 19.7. The average molecular weight is 436 g/mol. The molecule has 2 aromatic carbocycles. The number of aliphatic hydroxyl groups excluding tert-OH is 1. The largest absolute Gasteiger partial charge is 0.507 e. The van der Waals surface area contributed by atoms with Gasteiger partial charge in [-0.05, 0) is 23.8 Å². The number of benzene rings is 2. The number of halogens is 1. The van der Waals surface area contributed by atoms with Crippen LogP contribution in [0.15, 0.2) is 83.1 Å². The van der Waals surface area contributed by atoms with Crippen LogP contribution in [0.25, 0.3) is 5.76 Å². The van der Waals surface area contributed by atoms with Gasteiger partial charge in [0, 0.05) is 22.4 Å². The van der Waals surface area contributed by atoms with Gasteiger partial charge in [0.15, 0.2) is 0 Å². The van der Waals surface area contributed by atoms with Crippen LogP contribution in [0, 0.1) is 0 Å². The second kappa shape index (κ2) is 7.36. The molecule has 1 saturated heterocycles. The third-order valence-electron chi connectivity index (χ3n) is 4.42. The molecule has 0 saturated carbocycles. The summed E-state index contributed by atoms with van der Waals surface area (Å²) in [6, 6.07) is 16.7. The van der Waals surface area contributed by atoms with Crippen molar-refractivity contribution in [2.45, 2.75) is 6.04 Å². The van der Waals surface area contributed by atoms with Crippen molar-refractivity contribution in [1.29, 1.82) is 0 Å². The number of hydrogen-bond acceptors (Lipinski definition) is 5. The Morgan fingerprint density at radius 3 is 2.36 bits per heavy atom. The minimum atomic E-state index is -0.847. The number of rotatable bonds is 3. The average Bonchev–Trinajstić information content (AvgIpc) is 3.00. The molecule has 0 spiro atoms. The lowest BCUT2D eigenvalue weighted by atomic mass is 9.95. The van der Waals surface area contributed by atoms with Gasteiger partial charge in [-0.2, -0.15) is 0 Å². The van der Waals surface area contributed by atoms with Gasteiger partial charge in [0.25, 0.3) is 5.78 Å². The maximum absolute atomic E-state index is 12.9. The van der Waals surface area contributed by atoms with Gasteiger partial charge in [-0.25, -0.2) is 9.97 Å². The second-order valence-electron chi connectivity index (χ2n) is 6.14. The van der Waals surface area contributed by atoms with E-state index >= 15 is 0 Å². The fourth-order valence-electron chi connectivity index (χ4n) is 3.20. The minimum absolute atomic E-state index is 0.00162. The number of amides is 1. The molecule has 1 aromatic heterocycles. The van der Waals surface area contributed by atoms with Gasteiger partial charge in [-0.1, -0.05) is 58.4 Å². The van der Waals surface area contributed by atoms with Crippen molar-refractivity contribution in [3.05, 3.63) is 94.2 Å². The highest BCUT2D eigenvalue weighted by molar-refractivity contribution is 9.10. The molecule has 0 bridgehead atoms. The highest BCUT2D eigenvalue weighted by Gasteiger charge is 2.48. The Balaban J connectivity index is 1.96. The van der Waals surface area contributed by atoms with Gasteiger partial charge in [0.05, 0.1) is 11.6 Å². The Hall–Kier alpha value is -3.32. The minimum Gasteiger partial charge on any atom is -0.507 e. The van der Waals surface area contributed by atoms with E-state index in [0.29, 0.717) is 11.1 Å². The molecule has 7 heteroatoms. The van der Waals surface area contributed by atoms with Crippen LogP contribution >= 0.6 is 15.9 Å². The number of carbonyl (C=O) groups excluding carboxylic acids is 2. The molecule has 2 heterocycles. The van der Waals surface area contributed by atoms with E-state index in [9.17, 15) is 14.7 Å². The molecule has 0 aliphatic carbocycles. The van der Waals surface area contributed by atoms with E-state index in [1.807, 2.05) is 6.07 Å². The molecule has 1 aliphatic heterocycles. The van der Waals surface area contributed by atoms with E-state index in [1.54, 1.807) is 54.6 Å². The lowest BCUT2D eigenvalue weighted by Crippen LogP contribution is -2.31. The molecule has 4 rings (SSSR count). The van der Waals surface area contributed by atoms with Gasteiger partial charge >= 0.3 is 5.91 Å². The molecule has 138 valence electrons. The van der Waals surface area contributed by atoms with Crippen molar-refractivity contribution in [3.63, 3.8) is 0 Å². The standard InChI is InChI=1S/C21H14BrN3O3/c22-15-9-4-8-14(12-15)17-16(18(26)13-6-2-1-3-7-13)19(27)20(28)25(17)21-23-10-5-11-24-21/h1-12,17,26H/b18-16+/t17-/m0/s1. The van der Waals surface area contributed by atoms with Crippen molar-refractivity contribution in [2.75, 3.05) is 4.90 Å². The fourth-order valence-corrected chi connectivity index (χ4v) is 3.61. The first kappa shape index (κ1) is 18.1. The van der Waals surface area contributed by atoms with Crippen LogP contribution in [0.2, 0.25) is 0 Å². The van der Waals surface area contributed by atoms with E-state index in [0.717, 1.165) is 4.47 Å². The molecule has 1 fully saturated rings. The number of aromatic nitrogens is 2. The third kappa shape index (κ3) is 3.10. The number of Topliss-reactive ketones (excluding diaryl/α,β-unsaturated/α-hetero) is 1. The van der Waals surface area contributed by atoms with E-state index in [-0.39, 0.29) is 17.3 Å². The van der Waals surface area contributed by atoms with E-state index in [2.05, 4.69) is 25.9 Å². The van der Waals surface area contributed by atoms with Crippen LogP contribution < -0.4 is 4.90 Å². The van der Waals surface area contributed by atoms with Gasteiger partial charge in [-0.3, -0.25) is 14.5 Å². The van der Waals surface area contributed by atoms with Gasteiger partial charge in [0.1, 0.15) is 5.76 Å². The normalized spacial score (nSPS) is 18.5. The molecule has 1 atom stereocenters. The number of aliphatic hydroxyl groups is 1. The summed E-state index contributed by atoms with van der Waals surface area (Å²) in [6.07, 6.45) is 2.99. The van der Waals surface area contributed by atoms with E-state index in [1.165, 1.54) is 17.3 Å². The summed E-state index contributed by atoms with van der Waals surface area (Å²) < 4.78 is 0.782. The number of nitrogens with zero attached hydrogens (tertiary/aromatic N) is 3. The van der Waals surface area contributed by atoms with Gasteiger partial charge < -0.3 is 5.11 Å². The summed E-state index contributed by atoms with van der Waals surface area (Å²) in [4.78, 5) is 35.2. The Bertz CT molecular complexity index is 1080. The maximum atomic E-state index is 12.9. The number of carbonyl (C=O) groups is 2. The zero-order valence-electron chi connectivity index (χ0n) is 14.5. The molecule has 1 aliphatic rings. The molecule has 1 N–H and O–H groups in total. The first-order chi connectivity index (χ1) is 13.6. The molecular weight excluding hydrogens is 422 g/mol. The van der Waals surface area contributed by atoms with Gasteiger partial charge in [0.2, 0.25) is 5.95 Å². The van der Waals surface area contributed by atoms with E-state index < -0.39 is 17.7 Å². The van der Waals surface area contributed by atoms with Crippen LogP contribution in [0.3, 0.4) is 0 Å². The molecule has 6 nitrogen and oxygen atoms in total. The molecule has 0 radical (unpaired) electrons. The first-order valence-electron chi connectivity index (χ1n) is 8.47. The van der Waals surface area contributed by atoms with Crippen LogP contribution in [-0.2, 0) is 9.59 Å². The van der Waals surface area contributed by atoms with Crippen LogP contribution in [0.1, 0.15) is 17.2 Å². The Morgan fingerprint density at radius 1 is 0.964 bits per heavy atom. The van der Waals surface area contributed by atoms with E-state index in [4.69, 9.17) is 0 Å². The molecule has 1 amide bonds. The number of anilines is 1. The summed E-state index contributed by atoms with van der Waals surface area (Å²) in [7, 11) is 0. The number of ketones is 1. The highest BCUT2D eigenvalue weighted by Crippen LogP contribution is 2.41. The van der Waals surface area contributed by atoms with Crippen LogP contribution in [-0.4, -0.2) is 26.8 Å². The summed E-state index contributed by atoms with van der Waals surface area (Å²) >= 11 is 3.42. The number of hydrogen-bond donors (Lipinski definition) is 1. The second-order valence-corrected chi connectivity index (χ2v) is 7.05. The molecule has 0 unspecified atom stereocenters. The van der Waals surface area contributed by atoms with Crippen molar-refractivity contribution >= 4 is 39.3 Å². The summed E-state index contributed by atoms with van der Waals surface area (Å²) in [5, 5.41) is 10.9. The predicted molar refractivity (Wildman–Crippen MR) is 107 cm³/mol. The molecule has 3 aromatic rings. The topological polar surface area (TPSA) is 83.4 Å². The van der Waals surface area contributed by atoms with Crippen LogP contribution in [0.4, 0.5) is 5.95 Å². The summed E-state index contributed by atoms with van der Waals surface area (Å²) in [5.41, 5.74) is 1.11. The maximum Gasteiger partial charge on any atom is 0.302 e. The van der Waals surface area contributed by atoms with Crippen molar-refractivity contribution in [3.8, 4) is 0 Å². The quantitative estimate of drug-likeness (QED) is 0.383. The van der Waals surface area contributed by atoms with Crippen molar-refractivity contribution in [1.82, 2.24) is 9.97 Å².